The van der Waals surface area contributed by atoms with Crippen LogP contribution in [0.4, 0.5) is 8.78 Å². The molecule has 0 aromatic heterocycles. The normalized spacial score (nSPS) is 26.6. The predicted octanol–water partition coefficient (Wildman–Crippen LogP) is 3.03. The summed E-state index contributed by atoms with van der Waals surface area (Å²) in [5, 5.41) is 8.86. The average molecular weight is 347 g/mol. The van der Waals surface area contributed by atoms with Crippen LogP contribution in [0.15, 0.2) is 24.3 Å². The fourth-order valence-electron chi connectivity index (χ4n) is 4.24. The minimum absolute atomic E-state index is 0.120. The molecule has 1 aromatic carbocycles. The molecule has 6 heteroatoms. The van der Waals surface area contributed by atoms with Gasteiger partial charge in [-0.05, 0) is 37.5 Å². The number of amides is 1. The van der Waals surface area contributed by atoms with E-state index >= 15 is 0 Å². The van der Waals surface area contributed by atoms with E-state index in [1.807, 2.05) is 6.92 Å². The summed E-state index contributed by atoms with van der Waals surface area (Å²) in [5.74, 6) is -2.98. The lowest BCUT2D eigenvalue weighted by Gasteiger charge is -2.49. The molecule has 1 amide bonds. The third kappa shape index (κ3) is 3.67. The Hall–Kier alpha value is -2.00. The van der Waals surface area contributed by atoms with Gasteiger partial charge in [0.2, 0.25) is 5.91 Å². The second kappa shape index (κ2) is 6.72. The standard InChI is InChI=1S/C19H23F2N3O/c1-2-24-9-3-8-18(17(24)25)12-19(20,21)14-23(13-18)11-16-6-4-15(10-22)5-7-16/h4-7H,2-3,8-9,11-14H2,1H3/t18-/m0/s1. The van der Waals surface area contributed by atoms with E-state index in [1.165, 1.54) is 0 Å². The Kier molecular flexibility index (Phi) is 4.79. The van der Waals surface area contributed by atoms with E-state index in [2.05, 4.69) is 6.07 Å². The number of carbonyl (C=O) groups excluding carboxylic acids is 1. The van der Waals surface area contributed by atoms with Crippen molar-refractivity contribution >= 4 is 5.91 Å². The molecular formula is C19H23F2N3O. The van der Waals surface area contributed by atoms with E-state index in [9.17, 15) is 13.6 Å². The summed E-state index contributed by atoms with van der Waals surface area (Å²) in [6.45, 7) is 3.54. The summed E-state index contributed by atoms with van der Waals surface area (Å²) in [6, 6.07) is 9.02. The molecule has 1 atom stereocenters. The van der Waals surface area contributed by atoms with Crippen LogP contribution in [0.2, 0.25) is 0 Å². The topological polar surface area (TPSA) is 47.3 Å². The van der Waals surface area contributed by atoms with Gasteiger partial charge in [-0.3, -0.25) is 9.69 Å². The van der Waals surface area contributed by atoms with Crippen molar-refractivity contribution in [3.8, 4) is 6.07 Å². The number of hydrogen-bond donors (Lipinski definition) is 0. The number of nitriles is 1. The molecule has 0 aliphatic carbocycles. The summed E-state index contributed by atoms with van der Waals surface area (Å²) >= 11 is 0. The Morgan fingerprint density at radius 1 is 1.24 bits per heavy atom. The zero-order valence-electron chi connectivity index (χ0n) is 14.5. The summed E-state index contributed by atoms with van der Waals surface area (Å²) in [5.41, 5.74) is 0.454. The van der Waals surface area contributed by atoms with Crippen molar-refractivity contribution in [1.29, 1.82) is 5.26 Å². The maximum Gasteiger partial charge on any atom is 0.261 e. The largest absolute Gasteiger partial charge is 0.342 e. The van der Waals surface area contributed by atoms with Crippen LogP contribution in [0.1, 0.15) is 37.3 Å². The van der Waals surface area contributed by atoms with Gasteiger partial charge in [0, 0.05) is 32.6 Å². The summed E-state index contributed by atoms with van der Waals surface area (Å²) < 4.78 is 28.9. The minimum atomic E-state index is -2.86. The molecule has 134 valence electrons. The van der Waals surface area contributed by atoms with Gasteiger partial charge in [-0.25, -0.2) is 8.78 Å². The van der Waals surface area contributed by atoms with Crippen molar-refractivity contribution < 1.29 is 13.6 Å². The Bertz CT molecular complexity index is 683. The Morgan fingerprint density at radius 3 is 2.60 bits per heavy atom. The molecule has 2 heterocycles. The first-order valence-electron chi connectivity index (χ1n) is 8.76. The molecule has 0 radical (unpaired) electrons. The number of likely N-dealkylation sites (tertiary alicyclic amines) is 2. The predicted molar refractivity (Wildman–Crippen MR) is 89.9 cm³/mol. The first kappa shape index (κ1) is 17.8. The van der Waals surface area contributed by atoms with E-state index in [-0.39, 0.29) is 18.9 Å². The lowest BCUT2D eigenvalue weighted by atomic mass is 9.71. The van der Waals surface area contributed by atoms with Gasteiger partial charge < -0.3 is 4.90 Å². The van der Waals surface area contributed by atoms with Crippen molar-refractivity contribution in [3.63, 3.8) is 0 Å². The molecule has 4 nitrogen and oxygen atoms in total. The van der Waals surface area contributed by atoms with Gasteiger partial charge in [0.15, 0.2) is 0 Å². The Labute approximate surface area is 147 Å². The van der Waals surface area contributed by atoms with E-state index in [1.54, 1.807) is 34.1 Å². The molecule has 2 aliphatic heterocycles. The Morgan fingerprint density at radius 2 is 1.96 bits per heavy atom. The number of alkyl halides is 2. The maximum absolute atomic E-state index is 14.5. The van der Waals surface area contributed by atoms with Crippen LogP contribution < -0.4 is 0 Å². The highest BCUT2D eigenvalue weighted by atomic mass is 19.3. The van der Waals surface area contributed by atoms with Crippen molar-refractivity contribution in [3.05, 3.63) is 35.4 Å². The molecule has 2 aliphatic rings. The average Bonchev–Trinajstić information content (AvgIpc) is 2.57. The van der Waals surface area contributed by atoms with Crippen molar-refractivity contribution in [1.82, 2.24) is 9.80 Å². The lowest BCUT2D eigenvalue weighted by Crippen LogP contribution is -2.60. The first-order valence-corrected chi connectivity index (χ1v) is 8.76. The van der Waals surface area contributed by atoms with Crippen LogP contribution in [0.3, 0.4) is 0 Å². The molecular weight excluding hydrogens is 324 g/mol. The molecule has 0 bridgehead atoms. The quantitative estimate of drug-likeness (QED) is 0.844. The van der Waals surface area contributed by atoms with Crippen LogP contribution in [-0.4, -0.2) is 47.8 Å². The van der Waals surface area contributed by atoms with Gasteiger partial charge in [0.05, 0.1) is 23.6 Å². The molecule has 1 aromatic rings. The highest BCUT2D eigenvalue weighted by molar-refractivity contribution is 5.84. The van der Waals surface area contributed by atoms with Gasteiger partial charge in [0.25, 0.3) is 5.92 Å². The number of benzene rings is 1. The van der Waals surface area contributed by atoms with E-state index in [4.69, 9.17) is 5.26 Å². The van der Waals surface area contributed by atoms with Gasteiger partial charge in [-0.15, -0.1) is 0 Å². The van der Waals surface area contributed by atoms with Gasteiger partial charge in [-0.2, -0.15) is 5.26 Å². The van der Waals surface area contributed by atoms with Crippen molar-refractivity contribution in [2.75, 3.05) is 26.2 Å². The smallest absolute Gasteiger partial charge is 0.261 e. The van der Waals surface area contributed by atoms with E-state index in [0.29, 0.717) is 38.2 Å². The van der Waals surface area contributed by atoms with Crippen molar-refractivity contribution in [2.45, 2.75) is 38.7 Å². The second-order valence-electron chi connectivity index (χ2n) is 7.26. The number of carbonyl (C=O) groups is 1. The zero-order valence-corrected chi connectivity index (χ0v) is 14.5. The summed E-state index contributed by atoms with van der Waals surface area (Å²) in [4.78, 5) is 16.2. The lowest BCUT2D eigenvalue weighted by molar-refractivity contribution is -0.170. The fraction of sp³-hybridized carbons (Fsp3) is 0.579. The van der Waals surface area contributed by atoms with Gasteiger partial charge in [-0.1, -0.05) is 12.1 Å². The summed E-state index contributed by atoms with van der Waals surface area (Å²) in [7, 11) is 0. The molecule has 3 rings (SSSR count). The minimum Gasteiger partial charge on any atom is -0.342 e. The van der Waals surface area contributed by atoms with Crippen molar-refractivity contribution in [2.24, 2.45) is 5.41 Å². The molecule has 2 saturated heterocycles. The number of hydrogen-bond acceptors (Lipinski definition) is 3. The number of nitrogens with zero attached hydrogens (tertiary/aromatic N) is 3. The van der Waals surface area contributed by atoms with E-state index < -0.39 is 11.3 Å². The third-order valence-electron chi connectivity index (χ3n) is 5.27. The number of halogens is 2. The highest BCUT2D eigenvalue weighted by Gasteiger charge is 2.54. The molecule has 2 fully saturated rings. The number of piperidine rings is 2. The highest BCUT2D eigenvalue weighted by Crippen LogP contribution is 2.45. The number of rotatable bonds is 3. The molecule has 0 N–H and O–H groups in total. The van der Waals surface area contributed by atoms with Gasteiger partial charge >= 0.3 is 0 Å². The second-order valence-corrected chi connectivity index (χ2v) is 7.26. The summed E-state index contributed by atoms with van der Waals surface area (Å²) in [6.07, 6.45) is 0.960. The SMILES string of the molecule is CCN1CCC[C@]2(CN(Cc3ccc(C#N)cc3)CC(F)(F)C2)C1=O. The third-order valence-corrected chi connectivity index (χ3v) is 5.27. The van der Waals surface area contributed by atoms with Crippen LogP contribution in [0.25, 0.3) is 0 Å². The Balaban J connectivity index is 1.81. The molecule has 25 heavy (non-hydrogen) atoms. The zero-order chi connectivity index (χ0) is 18.1. The van der Waals surface area contributed by atoms with Crippen LogP contribution in [0, 0.1) is 16.7 Å². The first-order chi connectivity index (χ1) is 11.9. The fourth-order valence-corrected chi connectivity index (χ4v) is 4.24. The maximum atomic E-state index is 14.5. The van der Waals surface area contributed by atoms with Gasteiger partial charge in [0.1, 0.15) is 0 Å². The van der Waals surface area contributed by atoms with Crippen LogP contribution in [-0.2, 0) is 11.3 Å². The monoisotopic (exact) mass is 347 g/mol. The van der Waals surface area contributed by atoms with Crippen LogP contribution in [0.5, 0.6) is 0 Å². The molecule has 0 saturated carbocycles. The molecule has 0 unspecified atom stereocenters. The van der Waals surface area contributed by atoms with E-state index in [0.717, 1.165) is 12.0 Å². The van der Waals surface area contributed by atoms with Crippen LogP contribution >= 0.6 is 0 Å². The molecule has 1 spiro atoms.